The van der Waals surface area contributed by atoms with Crippen molar-refractivity contribution in [2.75, 3.05) is 19.5 Å². The van der Waals surface area contributed by atoms with Gasteiger partial charge in [0.25, 0.3) is 0 Å². The lowest BCUT2D eigenvalue weighted by molar-refractivity contribution is 0.240. The van der Waals surface area contributed by atoms with Crippen molar-refractivity contribution in [1.82, 2.24) is 10.9 Å². The summed E-state index contributed by atoms with van der Waals surface area (Å²) in [4.78, 5) is 0. The van der Waals surface area contributed by atoms with Crippen LogP contribution in [0.3, 0.4) is 0 Å². The summed E-state index contributed by atoms with van der Waals surface area (Å²) in [5, 5.41) is 9.46. The van der Waals surface area contributed by atoms with Crippen LogP contribution in [-0.2, 0) is 12.3 Å². The fourth-order valence-corrected chi connectivity index (χ4v) is 3.09. The zero-order valence-corrected chi connectivity index (χ0v) is 14.2. The molecule has 23 heavy (non-hydrogen) atoms. The first-order valence-electron chi connectivity index (χ1n) is 7.65. The molecule has 3 N–H and O–H groups in total. The molecule has 0 saturated heterocycles. The molecule has 1 unspecified atom stereocenters. The van der Waals surface area contributed by atoms with Crippen LogP contribution in [0.1, 0.15) is 11.1 Å². The summed E-state index contributed by atoms with van der Waals surface area (Å²) < 4.78 is 5.14. The van der Waals surface area contributed by atoms with Crippen molar-refractivity contribution >= 4 is 11.8 Å². The van der Waals surface area contributed by atoms with Crippen LogP contribution in [0.25, 0.3) is 0 Å². The molecule has 0 aliphatic carbocycles. The van der Waals surface area contributed by atoms with E-state index in [1.165, 1.54) is 5.56 Å². The van der Waals surface area contributed by atoms with Gasteiger partial charge in [-0.3, -0.25) is 10.9 Å². The second-order valence-electron chi connectivity index (χ2n) is 5.23. The number of hydrogen-bond acceptors (Lipinski definition) is 5. The summed E-state index contributed by atoms with van der Waals surface area (Å²) in [6.07, 6.45) is 0. The third kappa shape index (κ3) is 6.62. The predicted molar refractivity (Wildman–Crippen MR) is 96.4 cm³/mol. The van der Waals surface area contributed by atoms with Crippen LogP contribution in [0.5, 0.6) is 5.75 Å². The lowest BCUT2D eigenvalue weighted by Crippen LogP contribution is -2.44. The van der Waals surface area contributed by atoms with Gasteiger partial charge in [0.2, 0.25) is 0 Å². The van der Waals surface area contributed by atoms with E-state index in [4.69, 9.17) is 4.74 Å². The molecule has 0 spiro atoms. The van der Waals surface area contributed by atoms with Gasteiger partial charge in [-0.2, -0.15) is 11.8 Å². The average Bonchev–Trinajstić information content (AvgIpc) is 2.62. The van der Waals surface area contributed by atoms with Crippen molar-refractivity contribution in [3.8, 4) is 5.75 Å². The number of hydrazine groups is 1. The number of aliphatic hydroxyl groups is 1. The molecule has 0 bridgehead atoms. The Morgan fingerprint density at radius 1 is 1.04 bits per heavy atom. The van der Waals surface area contributed by atoms with E-state index in [2.05, 4.69) is 23.0 Å². The van der Waals surface area contributed by atoms with E-state index < -0.39 is 0 Å². The molecule has 0 saturated carbocycles. The average molecular weight is 332 g/mol. The minimum absolute atomic E-state index is 0.0296. The molecule has 0 radical (unpaired) electrons. The van der Waals surface area contributed by atoms with E-state index in [-0.39, 0.29) is 12.6 Å². The van der Waals surface area contributed by atoms with Crippen LogP contribution in [-0.4, -0.2) is 30.6 Å². The molecule has 2 aromatic carbocycles. The molecule has 0 fully saturated rings. The van der Waals surface area contributed by atoms with E-state index in [1.54, 1.807) is 7.11 Å². The highest BCUT2D eigenvalue weighted by molar-refractivity contribution is 7.98. The maximum atomic E-state index is 9.46. The number of methoxy groups -OCH3 is 1. The van der Waals surface area contributed by atoms with Gasteiger partial charge in [0.15, 0.2) is 0 Å². The minimum Gasteiger partial charge on any atom is -0.497 e. The largest absolute Gasteiger partial charge is 0.497 e. The van der Waals surface area contributed by atoms with E-state index in [9.17, 15) is 5.11 Å². The van der Waals surface area contributed by atoms with Crippen molar-refractivity contribution in [1.29, 1.82) is 0 Å². The zero-order chi connectivity index (χ0) is 16.3. The molecule has 4 nitrogen and oxygen atoms in total. The van der Waals surface area contributed by atoms with E-state index >= 15 is 0 Å². The summed E-state index contributed by atoms with van der Waals surface area (Å²) in [6, 6.07) is 18.3. The van der Waals surface area contributed by atoms with Crippen molar-refractivity contribution in [2.24, 2.45) is 0 Å². The van der Waals surface area contributed by atoms with Crippen LogP contribution in [0.4, 0.5) is 0 Å². The van der Waals surface area contributed by atoms with Gasteiger partial charge < -0.3 is 9.84 Å². The number of thioether (sulfide) groups is 1. The van der Waals surface area contributed by atoms with E-state index in [0.29, 0.717) is 6.54 Å². The summed E-state index contributed by atoms with van der Waals surface area (Å²) in [5.74, 6) is 2.66. The van der Waals surface area contributed by atoms with E-state index in [1.807, 2.05) is 54.2 Å². The van der Waals surface area contributed by atoms with Gasteiger partial charge in [0.05, 0.1) is 19.8 Å². The summed E-state index contributed by atoms with van der Waals surface area (Å²) in [6.45, 7) is 0.807. The molecule has 0 amide bonds. The van der Waals surface area contributed by atoms with Crippen molar-refractivity contribution < 1.29 is 9.84 Å². The first kappa shape index (κ1) is 17.8. The maximum absolute atomic E-state index is 9.46. The molecule has 1 atom stereocenters. The number of benzene rings is 2. The second kappa shape index (κ2) is 10.3. The highest BCUT2D eigenvalue weighted by Crippen LogP contribution is 2.13. The first-order chi connectivity index (χ1) is 11.3. The van der Waals surface area contributed by atoms with Gasteiger partial charge >= 0.3 is 0 Å². The van der Waals surface area contributed by atoms with Crippen LogP contribution in [0.2, 0.25) is 0 Å². The second-order valence-corrected chi connectivity index (χ2v) is 6.26. The number of rotatable bonds is 10. The third-order valence-corrected chi connectivity index (χ3v) is 4.58. The van der Waals surface area contributed by atoms with Crippen molar-refractivity contribution in [3.05, 3.63) is 65.7 Å². The van der Waals surface area contributed by atoms with E-state index in [0.717, 1.165) is 22.8 Å². The topological polar surface area (TPSA) is 53.5 Å². The molecular weight excluding hydrogens is 308 g/mol. The Hall–Kier alpha value is -1.53. The Morgan fingerprint density at radius 3 is 2.43 bits per heavy atom. The Labute approximate surface area is 142 Å². The molecule has 0 aliphatic rings. The van der Waals surface area contributed by atoms with Crippen LogP contribution in [0, 0.1) is 0 Å². The molecule has 2 rings (SSSR count). The smallest absolute Gasteiger partial charge is 0.118 e. The summed E-state index contributed by atoms with van der Waals surface area (Å²) in [5.41, 5.74) is 8.82. The monoisotopic (exact) mass is 332 g/mol. The number of ether oxygens (including phenoxy) is 1. The van der Waals surface area contributed by atoms with Gasteiger partial charge in [0, 0.05) is 18.1 Å². The molecule has 0 aromatic heterocycles. The Morgan fingerprint density at radius 2 is 1.78 bits per heavy atom. The van der Waals surface area contributed by atoms with Crippen LogP contribution >= 0.6 is 11.8 Å². The highest BCUT2D eigenvalue weighted by Gasteiger charge is 2.06. The molecule has 5 heteroatoms. The molecule has 0 aliphatic heterocycles. The third-order valence-electron chi connectivity index (χ3n) is 3.41. The maximum Gasteiger partial charge on any atom is 0.118 e. The van der Waals surface area contributed by atoms with Crippen molar-refractivity contribution in [2.45, 2.75) is 18.3 Å². The van der Waals surface area contributed by atoms with Gasteiger partial charge in [-0.25, -0.2) is 0 Å². The first-order valence-corrected chi connectivity index (χ1v) is 8.81. The van der Waals surface area contributed by atoms with Gasteiger partial charge in [-0.1, -0.05) is 42.5 Å². The van der Waals surface area contributed by atoms with Crippen molar-refractivity contribution in [3.63, 3.8) is 0 Å². The number of aliphatic hydroxyl groups excluding tert-OH is 1. The highest BCUT2D eigenvalue weighted by atomic mass is 32.2. The van der Waals surface area contributed by atoms with Gasteiger partial charge in [-0.15, -0.1) is 0 Å². The number of hydrogen-bond donors (Lipinski definition) is 3. The Balaban J connectivity index is 1.65. The Kier molecular flexibility index (Phi) is 7.97. The minimum atomic E-state index is 0.0296. The predicted octanol–water partition coefficient (Wildman–Crippen LogP) is 2.58. The molecular formula is C18H24N2O2S. The quantitative estimate of drug-likeness (QED) is 0.584. The normalized spacial score (nSPS) is 12.1. The fourth-order valence-electron chi connectivity index (χ4n) is 2.07. The zero-order valence-electron chi connectivity index (χ0n) is 13.4. The molecule has 124 valence electrons. The molecule has 2 aromatic rings. The molecule has 0 heterocycles. The van der Waals surface area contributed by atoms with Crippen LogP contribution < -0.4 is 15.6 Å². The van der Waals surface area contributed by atoms with Crippen LogP contribution in [0.15, 0.2) is 54.6 Å². The fraction of sp³-hybridized carbons (Fsp3) is 0.333. The Bertz CT molecular complexity index is 549. The number of nitrogens with one attached hydrogen (secondary N) is 2. The summed E-state index contributed by atoms with van der Waals surface area (Å²) >= 11 is 1.81. The standard InChI is InChI=1S/C18H24N2O2S/c1-22-18-9-7-15(8-10-18)11-19-20-17(12-21)14-23-13-16-5-3-2-4-6-16/h2-10,17,19-21H,11-14H2,1H3. The SMILES string of the molecule is COc1ccc(CNNC(CO)CSCc2ccccc2)cc1. The summed E-state index contributed by atoms with van der Waals surface area (Å²) in [7, 11) is 1.66. The van der Waals surface area contributed by atoms with Gasteiger partial charge in [-0.05, 0) is 23.3 Å². The lowest BCUT2D eigenvalue weighted by atomic mass is 10.2. The van der Waals surface area contributed by atoms with Gasteiger partial charge in [0.1, 0.15) is 5.75 Å². The lowest BCUT2D eigenvalue weighted by Gasteiger charge is -2.17.